The molecule has 0 radical (unpaired) electrons. The fourth-order valence-electron chi connectivity index (χ4n) is 2.91. The summed E-state index contributed by atoms with van der Waals surface area (Å²) in [5.74, 6) is 0.680. The first kappa shape index (κ1) is 17.4. The molecular weight excluding hydrogens is 278 g/mol. The Balaban J connectivity index is 2.47. The standard InChI is InChI=1S/C14H27NO4S/c1-3-12-9-15(10-13(12)11-20(2,18)19)14(17)7-5-4-6-8-16/h12-13,16H,3-11H2,1-2H3. The summed E-state index contributed by atoms with van der Waals surface area (Å²) in [5.41, 5.74) is 0. The van der Waals surface area contributed by atoms with E-state index < -0.39 is 9.84 Å². The zero-order valence-electron chi connectivity index (χ0n) is 12.5. The van der Waals surface area contributed by atoms with Crippen LogP contribution in [0.2, 0.25) is 0 Å². The van der Waals surface area contributed by atoms with Gasteiger partial charge in [-0.25, -0.2) is 8.42 Å². The molecule has 1 aliphatic rings. The van der Waals surface area contributed by atoms with Gasteiger partial charge in [-0.1, -0.05) is 19.8 Å². The van der Waals surface area contributed by atoms with Crippen LogP contribution < -0.4 is 0 Å². The topological polar surface area (TPSA) is 74.7 Å². The third kappa shape index (κ3) is 5.79. The molecular formula is C14H27NO4S. The first-order valence-corrected chi connectivity index (χ1v) is 9.49. The molecule has 6 heteroatoms. The van der Waals surface area contributed by atoms with Crippen molar-refractivity contribution in [3.05, 3.63) is 0 Å². The van der Waals surface area contributed by atoms with E-state index in [1.165, 1.54) is 6.26 Å². The van der Waals surface area contributed by atoms with E-state index in [1.54, 1.807) is 0 Å². The molecule has 0 saturated carbocycles. The van der Waals surface area contributed by atoms with Gasteiger partial charge < -0.3 is 10.0 Å². The highest BCUT2D eigenvalue weighted by atomic mass is 32.2. The number of rotatable bonds is 8. The van der Waals surface area contributed by atoms with Gasteiger partial charge in [0.05, 0.1) is 5.75 Å². The maximum Gasteiger partial charge on any atom is 0.222 e. The summed E-state index contributed by atoms with van der Waals surface area (Å²) in [6.45, 7) is 3.49. The lowest BCUT2D eigenvalue weighted by Crippen LogP contribution is -2.29. The Labute approximate surface area is 122 Å². The average molecular weight is 305 g/mol. The van der Waals surface area contributed by atoms with E-state index in [9.17, 15) is 13.2 Å². The second-order valence-corrected chi connectivity index (χ2v) is 8.04. The summed E-state index contributed by atoms with van der Waals surface area (Å²) in [5, 5.41) is 8.70. The van der Waals surface area contributed by atoms with E-state index >= 15 is 0 Å². The highest BCUT2D eigenvalue weighted by Crippen LogP contribution is 2.28. The number of sulfone groups is 1. The summed E-state index contributed by atoms with van der Waals surface area (Å²) in [6, 6.07) is 0. The largest absolute Gasteiger partial charge is 0.396 e. The van der Waals surface area contributed by atoms with Gasteiger partial charge in [0.15, 0.2) is 0 Å². The van der Waals surface area contributed by atoms with Crippen LogP contribution in [0, 0.1) is 11.8 Å². The van der Waals surface area contributed by atoms with E-state index in [0.717, 1.165) is 25.7 Å². The predicted molar refractivity (Wildman–Crippen MR) is 79.1 cm³/mol. The number of aliphatic hydroxyl groups excluding tert-OH is 1. The first-order valence-electron chi connectivity index (χ1n) is 7.43. The second-order valence-electron chi connectivity index (χ2n) is 5.85. The zero-order valence-corrected chi connectivity index (χ0v) is 13.4. The fraction of sp³-hybridized carbons (Fsp3) is 0.929. The second kappa shape index (κ2) is 7.98. The van der Waals surface area contributed by atoms with Crippen LogP contribution in [0.4, 0.5) is 0 Å². The summed E-state index contributed by atoms with van der Waals surface area (Å²) in [6.07, 6.45) is 5.07. The van der Waals surface area contributed by atoms with Crippen molar-refractivity contribution >= 4 is 15.7 Å². The van der Waals surface area contributed by atoms with Crippen molar-refractivity contribution in [3.63, 3.8) is 0 Å². The van der Waals surface area contributed by atoms with Crippen molar-refractivity contribution in [2.45, 2.75) is 39.0 Å². The fourth-order valence-corrected chi connectivity index (χ4v) is 4.06. The molecule has 0 aromatic rings. The van der Waals surface area contributed by atoms with Crippen LogP contribution in [0.5, 0.6) is 0 Å². The molecule has 1 heterocycles. The van der Waals surface area contributed by atoms with Gasteiger partial charge in [-0.3, -0.25) is 4.79 Å². The number of hydrogen-bond acceptors (Lipinski definition) is 4. The van der Waals surface area contributed by atoms with Gasteiger partial charge in [0.25, 0.3) is 0 Å². The summed E-state index contributed by atoms with van der Waals surface area (Å²) < 4.78 is 22.9. The number of likely N-dealkylation sites (tertiary alicyclic amines) is 1. The van der Waals surface area contributed by atoms with Crippen LogP contribution in [0.25, 0.3) is 0 Å². The number of hydrogen-bond donors (Lipinski definition) is 1. The van der Waals surface area contributed by atoms with E-state index in [1.807, 2.05) is 4.90 Å². The molecule has 1 fully saturated rings. The quantitative estimate of drug-likeness (QED) is 0.681. The SMILES string of the molecule is CCC1CN(C(=O)CCCCCO)CC1CS(C)(=O)=O. The molecule has 1 N–H and O–H groups in total. The van der Waals surface area contributed by atoms with Crippen molar-refractivity contribution in [2.75, 3.05) is 31.7 Å². The number of carbonyl (C=O) groups excluding carboxylic acids is 1. The van der Waals surface area contributed by atoms with Crippen molar-refractivity contribution in [3.8, 4) is 0 Å². The van der Waals surface area contributed by atoms with Crippen LogP contribution >= 0.6 is 0 Å². The van der Waals surface area contributed by atoms with Gasteiger partial charge in [-0.2, -0.15) is 0 Å². The number of aliphatic hydroxyl groups is 1. The number of amides is 1. The maximum absolute atomic E-state index is 12.1. The number of unbranched alkanes of at least 4 members (excludes halogenated alkanes) is 2. The smallest absolute Gasteiger partial charge is 0.222 e. The maximum atomic E-state index is 12.1. The molecule has 118 valence electrons. The van der Waals surface area contributed by atoms with E-state index in [2.05, 4.69) is 6.92 Å². The molecule has 1 saturated heterocycles. The van der Waals surface area contributed by atoms with Crippen molar-refractivity contribution in [1.29, 1.82) is 0 Å². The Kier molecular flexibility index (Phi) is 6.95. The third-order valence-electron chi connectivity index (χ3n) is 4.02. The Morgan fingerprint density at radius 3 is 2.40 bits per heavy atom. The van der Waals surface area contributed by atoms with Crippen molar-refractivity contribution in [2.24, 2.45) is 11.8 Å². The van der Waals surface area contributed by atoms with Crippen LogP contribution in [-0.2, 0) is 14.6 Å². The van der Waals surface area contributed by atoms with Crippen LogP contribution in [-0.4, -0.2) is 56.0 Å². The lowest BCUT2D eigenvalue weighted by molar-refractivity contribution is -0.130. The molecule has 0 bridgehead atoms. The predicted octanol–water partition coefficient (Wildman–Crippen LogP) is 1.07. The van der Waals surface area contributed by atoms with E-state index in [0.29, 0.717) is 25.4 Å². The minimum absolute atomic E-state index is 0.0800. The lowest BCUT2D eigenvalue weighted by Gasteiger charge is -2.16. The van der Waals surface area contributed by atoms with Gasteiger partial charge in [0.1, 0.15) is 9.84 Å². The molecule has 1 rings (SSSR count). The van der Waals surface area contributed by atoms with Crippen LogP contribution in [0.1, 0.15) is 39.0 Å². The highest BCUT2D eigenvalue weighted by Gasteiger charge is 2.35. The Bertz CT molecular complexity index is 407. The van der Waals surface area contributed by atoms with Gasteiger partial charge in [-0.05, 0) is 24.7 Å². The molecule has 0 aromatic heterocycles. The molecule has 1 amide bonds. The summed E-state index contributed by atoms with van der Waals surface area (Å²) in [4.78, 5) is 13.9. The average Bonchev–Trinajstić information content (AvgIpc) is 2.75. The lowest BCUT2D eigenvalue weighted by atomic mass is 9.96. The third-order valence-corrected chi connectivity index (χ3v) is 5.05. The van der Waals surface area contributed by atoms with Gasteiger partial charge >= 0.3 is 0 Å². The molecule has 5 nitrogen and oxygen atoms in total. The van der Waals surface area contributed by atoms with Crippen molar-refractivity contribution < 1.29 is 18.3 Å². The summed E-state index contributed by atoms with van der Waals surface area (Å²) in [7, 11) is -2.99. The molecule has 0 aromatic carbocycles. The molecule has 0 aliphatic carbocycles. The number of nitrogens with zero attached hydrogens (tertiary/aromatic N) is 1. The zero-order chi connectivity index (χ0) is 15.2. The molecule has 0 spiro atoms. The van der Waals surface area contributed by atoms with Crippen LogP contribution in [0.3, 0.4) is 0 Å². The monoisotopic (exact) mass is 305 g/mol. The summed E-state index contributed by atoms with van der Waals surface area (Å²) >= 11 is 0. The Morgan fingerprint density at radius 2 is 1.85 bits per heavy atom. The first-order chi connectivity index (χ1) is 9.37. The van der Waals surface area contributed by atoms with E-state index in [-0.39, 0.29) is 24.2 Å². The number of carbonyl (C=O) groups is 1. The highest BCUT2D eigenvalue weighted by molar-refractivity contribution is 7.90. The Morgan fingerprint density at radius 1 is 1.20 bits per heavy atom. The molecule has 1 aliphatic heterocycles. The minimum Gasteiger partial charge on any atom is -0.396 e. The Hall–Kier alpha value is -0.620. The minimum atomic E-state index is -2.99. The van der Waals surface area contributed by atoms with E-state index in [4.69, 9.17) is 5.11 Å². The van der Waals surface area contributed by atoms with Crippen molar-refractivity contribution in [1.82, 2.24) is 4.90 Å². The van der Waals surface area contributed by atoms with Gasteiger partial charge in [-0.15, -0.1) is 0 Å². The van der Waals surface area contributed by atoms with Gasteiger partial charge in [0, 0.05) is 32.4 Å². The normalized spacial score (nSPS) is 23.2. The van der Waals surface area contributed by atoms with Gasteiger partial charge in [0.2, 0.25) is 5.91 Å². The van der Waals surface area contributed by atoms with Crippen LogP contribution in [0.15, 0.2) is 0 Å². The molecule has 2 unspecified atom stereocenters. The molecule has 20 heavy (non-hydrogen) atoms. The molecule has 2 atom stereocenters.